The topological polar surface area (TPSA) is 61.2 Å². The maximum absolute atomic E-state index is 13.0. The Balaban J connectivity index is 1.73. The van der Waals surface area contributed by atoms with E-state index in [1.807, 2.05) is 50.2 Å². The lowest BCUT2D eigenvalue weighted by Crippen LogP contribution is -2.42. The van der Waals surface area contributed by atoms with Crippen LogP contribution in [0.25, 0.3) is 0 Å². The summed E-state index contributed by atoms with van der Waals surface area (Å²) in [6.45, 7) is 3.91. The van der Waals surface area contributed by atoms with Crippen LogP contribution in [0.15, 0.2) is 66.7 Å². The number of nitrogens with zero attached hydrogens (tertiary/aromatic N) is 1. The second-order valence-corrected chi connectivity index (χ2v) is 8.70. The lowest BCUT2D eigenvalue weighted by atomic mass is 9.98. The molecule has 1 aliphatic rings. The average molecular weight is 467 g/mol. The number of rotatable bonds is 4. The van der Waals surface area contributed by atoms with Gasteiger partial charge in [0.1, 0.15) is 0 Å². The van der Waals surface area contributed by atoms with Gasteiger partial charge in [-0.25, -0.2) is 0 Å². The van der Waals surface area contributed by atoms with Crippen LogP contribution in [-0.4, -0.2) is 28.8 Å². The zero-order chi connectivity index (χ0) is 22.8. The van der Waals surface area contributed by atoms with Crippen molar-refractivity contribution in [2.45, 2.75) is 25.9 Å². The third-order valence-corrected chi connectivity index (χ3v) is 5.93. The molecule has 3 aromatic rings. The van der Waals surface area contributed by atoms with Gasteiger partial charge in [0.2, 0.25) is 12.3 Å². The molecule has 0 aromatic heterocycles. The van der Waals surface area contributed by atoms with Crippen molar-refractivity contribution in [1.82, 2.24) is 10.7 Å². The Hall–Kier alpha value is -3.15. The van der Waals surface area contributed by atoms with E-state index < -0.39 is 12.1 Å². The van der Waals surface area contributed by atoms with Gasteiger partial charge in [-0.1, -0.05) is 70.7 Å². The van der Waals surface area contributed by atoms with Gasteiger partial charge in [0.25, 0.3) is 5.91 Å². The second-order valence-electron chi connectivity index (χ2n) is 7.85. The Kier molecular flexibility index (Phi) is 6.31. The van der Waals surface area contributed by atoms with Crippen molar-refractivity contribution in [3.8, 4) is 0 Å². The molecular weight excluding hydrogens is 445 g/mol. The van der Waals surface area contributed by atoms with Crippen LogP contribution >= 0.6 is 23.2 Å². The molecule has 5 nitrogen and oxygen atoms in total. The molecule has 0 aliphatic carbocycles. The van der Waals surface area contributed by atoms with Crippen LogP contribution in [0.3, 0.4) is 0 Å². The SMILES string of the molecule is Cc1ccc([C@@H]2[C@H](NC(=O)c3cccc(C)c3)C(=O)N/[N+]2=C\c2ccc(Cl)cc2Cl)cc1. The highest BCUT2D eigenvalue weighted by Gasteiger charge is 2.47. The predicted molar refractivity (Wildman–Crippen MR) is 126 cm³/mol. The van der Waals surface area contributed by atoms with Crippen LogP contribution in [0, 0.1) is 13.8 Å². The minimum atomic E-state index is -0.798. The highest BCUT2D eigenvalue weighted by atomic mass is 35.5. The number of hydrogen-bond donors (Lipinski definition) is 2. The molecule has 2 N–H and O–H groups in total. The number of aryl methyl sites for hydroxylation is 2. The van der Waals surface area contributed by atoms with Gasteiger partial charge in [0.15, 0.2) is 6.04 Å². The van der Waals surface area contributed by atoms with Crippen molar-refractivity contribution in [2.75, 3.05) is 0 Å². The molecule has 3 aromatic carbocycles. The quantitative estimate of drug-likeness (QED) is 0.550. The smallest absolute Gasteiger partial charge is 0.304 e. The number of hydrogen-bond acceptors (Lipinski definition) is 2. The fraction of sp³-hybridized carbons (Fsp3) is 0.160. The van der Waals surface area contributed by atoms with Crippen molar-refractivity contribution in [3.63, 3.8) is 0 Å². The molecule has 0 bridgehead atoms. The third kappa shape index (κ3) is 4.69. The molecule has 32 heavy (non-hydrogen) atoms. The van der Waals surface area contributed by atoms with E-state index in [1.54, 1.807) is 41.2 Å². The minimum Gasteiger partial charge on any atom is -0.334 e. The summed E-state index contributed by atoms with van der Waals surface area (Å²) in [6, 6.07) is 19.0. The van der Waals surface area contributed by atoms with Crippen LogP contribution in [0.1, 0.15) is 38.7 Å². The first-order valence-corrected chi connectivity index (χ1v) is 10.9. The van der Waals surface area contributed by atoms with Crippen molar-refractivity contribution < 1.29 is 14.3 Å². The zero-order valence-electron chi connectivity index (χ0n) is 17.6. The van der Waals surface area contributed by atoms with E-state index in [0.29, 0.717) is 21.2 Å². The zero-order valence-corrected chi connectivity index (χ0v) is 19.1. The summed E-state index contributed by atoms with van der Waals surface area (Å²) in [5, 5.41) is 3.89. The molecule has 7 heteroatoms. The summed E-state index contributed by atoms with van der Waals surface area (Å²) in [5.74, 6) is -0.616. The molecule has 1 fully saturated rings. The summed E-state index contributed by atoms with van der Waals surface area (Å²) in [6.07, 6.45) is 1.75. The summed E-state index contributed by atoms with van der Waals surface area (Å²) in [7, 11) is 0. The van der Waals surface area contributed by atoms with E-state index >= 15 is 0 Å². The van der Waals surface area contributed by atoms with E-state index in [9.17, 15) is 9.59 Å². The first-order chi connectivity index (χ1) is 15.3. The molecule has 0 unspecified atom stereocenters. The monoisotopic (exact) mass is 466 g/mol. The standard InChI is InChI=1S/C25H21Cl2N3O2/c1-15-6-8-17(9-7-15)23-22(28-24(31)18-5-3-4-16(2)12-18)25(32)29-30(23)14-19-10-11-20(26)13-21(19)27/h3-14,22-23H,1-2H3,(H-,28,29,31,32)/p+1/b30-14-/t22-,23+/m0/s1. The number of amides is 2. The van der Waals surface area contributed by atoms with Crippen LogP contribution < -0.4 is 10.7 Å². The van der Waals surface area contributed by atoms with Gasteiger partial charge < -0.3 is 5.32 Å². The first-order valence-electron chi connectivity index (χ1n) is 10.1. The van der Waals surface area contributed by atoms with Crippen LogP contribution in [0.4, 0.5) is 0 Å². The van der Waals surface area contributed by atoms with Gasteiger partial charge in [-0.15, -0.1) is 10.1 Å². The maximum atomic E-state index is 13.0. The Labute approximate surface area is 196 Å². The molecular formula is C25H22Cl2N3O2+. The van der Waals surface area contributed by atoms with E-state index in [2.05, 4.69) is 10.7 Å². The number of halogens is 2. The average Bonchev–Trinajstić information content (AvgIpc) is 3.05. The van der Waals surface area contributed by atoms with E-state index in [4.69, 9.17) is 23.2 Å². The van der Waals surface area contributed by atoms with E-state index in [0.717, 1.165) is 16.7 Å². The van der Waals surface area contributed by atoms with Gasteiger partial charge in [-0.3, -0.25) is 9.59 Å². The highest BCUT2D eigenvalue weighted by Crippen LogP contribution is 2.27. The molecule has 4 rings (SSSR count). The maximum Gasteiger partial charge on any atom is 0.304 e. The van der Waals surface area contributed by atoms with Gasteiger partial charge in [0, 0.05) is 16.1 Å². The van der Waals surface area contributed by atoms with Gasteiger partial charge in [0.05, 0.1) is 10.6 Å². The van der Waals surface area contributed by atoms with E-state index in [1.165, 1.54) is 0 Å². The first kappa shape index (κ1) is 22.1. The van der Waals surface area contributed by atoms with Crippen molar-refractivity contribution >= 4 is 41.2 Å². The van der Waals surface area contributed by atoms with Gasteiger partial charge in [-0.2, -0.15) is 0 Å². The number of hydrazine groups is 1. The Morgan fingerprint density at radius 3 is 2.44 bits per heavy atom. The van der Waals surface area contributed by atoms with Gasteiger partial charge >= 0.3 is 5.91 Å². The van der Waals surface area contributed by atoms with Crippen LogP contribution in [0.2, 0.25) is 10.0 Å². The lowest BCUT2D eigenvalue weighted by Gasteiger charge is -2.15. The highest BCUT2D eigenvalue weighted by molar-refractivity contribution is 6.36. The molecule has 1 saturated heterocycles. The molecule has 0 saturated carbocycles. The lowest BCUT2D eigenvalue weighted by molar-refractivity contribution is -0.596. The Morgan fingerprint density at radius 1 is 1.00 bits per heavy atom. The Morgan fingerprint density at radius 2 is 1.75 bits per heavy atom. The van der Waals surface area contributed by atoms with Crippen LogP contribution in [0.5, 0.6) is 0 Å². The van der Waals surface area contributed by atoms with Crippen LogP contribution in [-0.2, 0) is 4.79 Å². The predicted octanol–water partition coefficient (Wildman–Crippen LogP) is 4.63. The fourth-order valence-electron chi connectivity index (χ4n) is 3.71. The molecule has 1 heterocycles. The number of hydrazone groups is 1. The number of nitrogens with one attached hydrogen (secondary N) is 2. The minimum absolute atomic E-state index is 0.307. The largest absolute Gasteiger partial charge is 0.334 e. The summed E-state index contributed by atoms with van der Waals surface area (Å²) < 4.78 is 1.68. The van der Waals surface area contributed by atoms with E-state index in [-0.39, 0.29) is 11.8 Å². The number of benzene rings is 3. The van der Waals surface area contributed by atoms with Crippen molar-refractivity contribution in [1.29, 1.82) is 0 Å². The summed E-state index contributed by atoms with van der Waals surface area (Å²) in [4.78, 5) is 25.9. The third-order valence-electron chi connectivity index (χ3n) is 5.36. The van der Waals surface area contributed by atoms with Gasteiger partial charge in [-0.05, 0) is 44.2 Å². The normalized spacial score (nSPS) is 19.1. The molecule has 2 amide bonds. The second kappa shape index (κ2) is 9.15. The molecule has 0 spiro atoms. The number of carbonyl (C=O) groups excluding carboxylic acids is 2. The Bertz CT molecular complexity index is 1220. The summed E-state index contributed by atoms with van der Waals surface area (Å²) in [5.41, 5.74) is 7.00. The number of carbonyl (C=O) groups is 2. The molecule has 0 radical (unpaired) electrons. The van der Waals surface area contributed by atoms with Crippen molar-refractivity contribution in [3.05, 3.63) is 105 Å². The fourth-order valence-corrected chi connectivity index (χ4v) is 4.17. The molecule has 162 valence electrons. The molecule has 1 aliphatic heterocycles. The summed E-state index contributed by atoms with van der Waals surface area (Å²) >= 11 is 12.4. The molecule has 2 atom stereocenters. The van der Waals surface area contributed by atoms with Crippen molar-refractivity contribution in [2.24, 2.45) is 0 Å².